The maximum atomic E-state index is 2.47. The van der Waals surface area contributed by atoms with Crippen molar-refractivity contribution in [3.05, 3.63) is 157 Å². The first-order chi connectivity index (χ1) is 22.4. The molecule has 0 aliphatic heterocycles. The molecule has 0 atom stereocenters. The van der Waals surface area contributed by atoms with Crippen LogP contribution in [0.2, 0.25) is 0 Å². The third-order valence-corrected chi connectivity index (χ3v) is 9.95. The van der Waals surface area contributed by atoms with Gasteiger partial charge in [0.25, 0.3) is 0 Å². The van der Waals surface area contributed by atoms with Gasteiger partial charge in [-0.3, -0.25) is 0 Å². The molecule has 0 heteroatoms. The highest BCUT2D eigenvalue weighted by molar-refractivity contribution is 6.30. The summed E-state index contributed by atoms with van der Waals surface area (Å²) in [5, 5.41) is 15.4. The van der Waals surface area contributed by atoms with E-state index in [9.17, 15) is 0 Å². The zero-order valence-electron chi connectivity index (χ0n) is 26.4. The molecule has 0 heterocycles. The van der Waals surface area contributed by atoms with Crippen LogP contribution < -0.4 is 0 Å². The summed E-state index contributed by atoms with van der Waals surface area (Å²) in [7, 11) is 0. The van der Waals surface area contributed by atoms with Crippen LogP contribution in [0.5, 0.6) is 0 Å². The Morgan fingerprint density at radius 1 is 0.326 bits per heavy atom. The van der Waals surface area contributed by atoms with Crippen molar-refractivity contribution in [2.75, 3.05) is 0 Å². The summed E-state index contributed by atoms with van der Waals surface area (Å²) >= 11 is 0. The molecule has 0 bridgehead atoms. The van der Waals surface area contributed by atoms with Crippen molar-refractivity contribution in [2.24, 2.45) is 0 Å². The molecule has 0 aromatic heterocycles. The van der Waals surface area contributed by atoms with Gasteiger partial charge in [-0.15, -0.1) is 0 Å². The van der Waals surface area contributed by atoms with Crippen LogP contribution in [0.1, 0.15) is 26.3 Å². The van der Waals surface area contributed by atoms with Crippen molar-refractivity contribution in [3.63, 3.8) is 0 Å². The Hall–Kier alpha value is -5.46. The Balaban J connectivity index is 1.52. The minimum atomic E-state index is 0.0230. The van der Waals surface area contributed by atoms with Gasteiger partial charge in [0.2, 0.25) is 0 Å². The molecule has 0 fully saturated rings. The van der Waals surface area contributed by atoms with Crippen molar-refractivity contribution in [2.45, 2.75) is 26.2 Å². The molecule has 0 N–H and O–H groups in total. The van der Waals surface area contributed by atoms with Gasteiger partial charge in [-0.05, 0) is 116 Å². The molecule has 218 valence electrons. The summed E-state index contributed by atoms with van der Waals surface area (Å²) in [5.41, 5.74) is 6.49. The van der Waals surface area contributed by atoms with Gasteiger partial charge in [-0.25, -0.2) is 0 Å². The van der Waals surface area contributed by atoms with Gasteiger partial charge in [0.1, 0.15) is 0 Å². The third-order valence-electron chi connectivity index (χ3n) is 9.95. The lowest BCUT2D eigenvalue weighted by molar-refractivity contribution is 0.591. The smallest absolute Gasteiger partial charge is 0.00139 e. The second kappa shape index (κ2) is 10.0. The molecule has 9 rings (SSSR count). The zero-order chi connectivity index (χ0) is 31.0. The maximum Gasteiger partial charge on any atom is -0.00139 e. The predicted octanol–water partition coefficient (Wildman–Crippen LogP) is 13.2. The standard InChI is InChI=1S/C46H34/c1-46(2,3)36-21-23-40-42(28-36)43(34-18-16-29-10-4-6-13-32(29)26-34)41-25-24-38-37-15-9-8-12-31(37)20-22-39(38)45(41)44(40)35-19-17-30-11-5-7-14-33(30)27-35/h4-28H,1-3H3. The molecule has 0 aliphatic carbocycles. The van der Waals surface area contributed by atoms with Gasteiger partial charge in [-0.1, -0.05) is 154 Å². The Kier molecular flexibility index (Phi) is 5.86. The van der Waals surface area contributed by atoms with Crippen LogP contribution in [0.3, 0.4) is 0 Å². The summed E-state index contributed by atoms with van der Waals surface area (Å²) in [5.74, 6) is 0. The first-order valence-corrected chi connectivity index (χ1v) is 16.3. The monoisotopic (exact) mass is 586 g/mol. The normalized spacial score (nSPS) is 12.2. The summed E-state index contributed by atoms with van der Waals surface area (Å²) in [6, 6.07) is 56.7. The number of rotatable bonds is 2. The van der Waals surface area contributed by atoms with Gasteiger partial charge in [0, 0.05) is 0 Å². The van der Waals surface area contributed by atoms with Gasteiger partial charge < -0.3 is 0 Å². The van der Waals surface area contributed by atoms with E-state index in [1.807, 2.05) is 0 Å². The fourth-order valence-electron chi connectivity index (χ4n) is 7.58. The molecule has 0 aliphatic rings. The predicted molar refractivity (Wildman–Crippen MR) is 201 cm³/mol. The lowest BCUT2D eigenvalue weighted by Gasteiger charge is -2.24. The highest BCUT2D eigenvalue weighted by Crippen LogP contribution is 2.48. The molecule has 0 amide bonds. The molecule has 0 saturated carbocycles. The second-order valence-electron chi connectivity index (χ2n) is 13.8. The number of fused-ring (bicyclic) bond motifs is 8. The number of hydrogen-bond acceptors (Lipinski definition) is 0. The minimum Gasteiger partial charge on any atom is -0.0616 e. The largest absolute Gasteiger partial charge is 0.0616 e. The van der Waals surface area contributed by atoms with E-state index in [2.05, 4.69) is 172 Å². The maximum absolute atomic E-state index is 2.47. The molecule has 0 spiro atoms. The van der Waals surface area contributed by atoms with Gasteiger partial charge >= 0.3 is 0 Å². The minimum absolute atomic E-state index is 0.0230. The lowest BCUT2D eigenvalue weighted by atomic mass is 9.80. The van der Waals surface area contributed by atoms with Crippen LogP contribution in [0.15, 0.2) is 152 Å². The van der Waals surface area contributed by atoms with E-state index in [-0.39, 0.29) is 5.41 Å². The second-order valence-corrected chi connectivity index (χ2v) is 13.8. The highest BCUT2D eigenvalue weighted by Gasteiger charge is 2.22. The zero-order valence-corrected chi connectivity index (χ0v) is 26.4. The van der Waals surface area contributed by atoms with Gasteiger partial charge in [0.15, 0.2) is 0 Å². The Morgan fingerprint density at radius 2 is 0.848 bits per heavy atom. The lowest BCUT2D eigenvalue weighted by Crippen LogP contribution is -2.10. The van der Waals surface area contributed by atoms with Crippen LogP contribution in [0, 0.1) is 0 Å². The van der Waals surface area contributed by atoms with Gasteiger partial charge in [0.05, 0.1) is 0 Å². The van der Waals surface area contributed by atoms with E-state index in [0.29, 0.717) is 0 Å². The Labute approximate surface area is 269 Å². The van der Waals surface area contributed by atoms with E-state index in [1.54, 1.807) is 0 Å². The quantitative estimate of drug-likeness (QED) is 0.140. The molecule has 46 heavy (non-hydrogen) atoms. The summed E-state index contributed by atoms with van der Waals surface area (Å²) in [6.45, 7) is 6.94. The molecule has 0 nitrogen and oxygen atoms in total. The summed E-state index contributed by atoms with van der Waals surface area (Å²) in [4.78, 5) is 0. The van der Waals surface area contributed by atoms with Crippen LogP contribution >= 0.6 is 0 Å². The molecule has 0 radical (unpaired) electrons. The van der Waals surface area contributed by atoms with Gasteiger partial charge in [-0.2, -0.15) is 0 Å². The third kappa shape index (κ3) is 4.14. The van der Waals surface area contributed by atoms with Crippen LogP contribution in [-0.2, 0) is 5.41 Å². The number of hydrogen-bond donors (Lipinski definition) is 0. The Bertz CT molecular complexity index is 2660. The van der Waals surface area contributed by atoms with Crippen molar-refractivity contribution >= 4 is 64.6 Å². The molecule has 0 unspecified atom stereocenters. The first-order valence-electron chi connectivity index (χ1n) is 16.3. The van der Waals surface area contributed by atoms with Crippen LogP contribution in [0.25, 0.3) is 86.9 Å². The van der Waals surface area contributed by atoms with E-state index >= 15 is 0 Å². The molecular weight excluding hydrogens is 553 g/mol. The molecule has 9 aromatic rings. The fraction of sp³-hybridized carbons (Fsp3) is 0.0870. The van der Waals surface area contributed by atoms with E-state index in [1.165, 1.54) is 92.5 Å². The van der Waals surface area contributed by atoms with E-state index in [0.717, 1.165) is 0 Å². The fourth-order valence-corrected chi connectivity index (χ4v) is 7.58. The van der Waals surface area contributed by atoms with Crippen molar-refractivity contribution < 1.29 is 0 Å². The molecular formula is C46H34. The average molecular weight is 587 g/mol. The molecule has 0 saturated heterocycles. The number of benzene rings is 9. The van der Waals surface area contributed by atoms with Crippen LogP contribution in [0.4, 0.5) is 0 Å². The average Bonchev–Trinajstić information content (AvgIpc) is 3.09. The van der Waals surface area contributed by atoms with Crippen LogP contribution in [-0.4, -0.2) is 0 Å². The summed E-state index contributed by atoms with van der Waals surface area (Å²) in [6.07, 6.45) is 0. The topological polar surface area (TPSA) is 0 Å². The van der Waals surface area contributed by atoms with Crippen molar-refractivity contribution in [3.8, 4) is 22.3 Å². The first kappa shape index (κ1) is 26.9. The van der Waals surface area contributed by atoms with E-state index < -0.39 is 0 Å². The molecule has 9 aromatic carbocycles. The van der Waals surface area contributed by atoms with E-state index in [4.69, 9.17) is 0 Å². The van der Waals surface area contributed by atoms with Crippen molar-refractivity contribution in [1.29, 1.82) is 0 Å². The summed E-state index contributed by atoms with van der Waals surface area (Å²) < 4.78 is 0. The Morgan fingerprint density at radius 3 is 1.52 bits per heavy atom. The SMILES string of the molecule is CC(C)(C)c1ccc2c(-c3ccc4ccccc4c3)c3c(ccc4c5ccccc5ccc43)c(-c3ccc4ccccc4c3)c2c1. The van der Waals surface area contributed by atoms with Crippen molar-refractivity contribution in [1.82, 2.24) is 0 Å². The highest BCUT2D eigenvalue weighted by atomic mass is 14.3.